The van der Waals surface area contributed by atoms with E-state index in [9.17, 15) is 9.18 Å². The van der Waals surface area contributed by atoms with E-state index >= 15 is 0 Å². The monoisotopic (exact) mass is 292 g/mol. The summed E-state index contributed by atoms with van der Waals surface area (Å²) in [5.74, 6) is 0.652. The van der Waals surface area contributed by atoms with Gasteiger partial charge in [0, 0.05) is 11.6 Å². The van der Waals surface area contributed by atoms with E-state index in [1.165, 1.54) is 12.1 Å². The van der Waals surface area contributed by atoms with Crippen molar-refractivity contribution in [1.29, 1.82) is 0 Å². The fourth-order valence-corrected chi connectivity index (χ4v) is 2.98. The van der Waals surface area contributed by atoms with E-state index in [-0.39, 0.29) is 17.8 Å². The molecule has 0 saturated carbocycles. The molecule has 0 aliphatic carbocycles. The standard InChI is InChI=1S/C17H25FN2O/c1-12(2)11-16(13-7-9-19-10-8-13)20-17(21)14-3-5-15(18)6-4-14/h3-6,12-13,16,19H,7-11H2,1-2H3,(H,20,21). The van der Waals surface area contributed by atoms with Crippen LogP contribution in [0.2, 0.25) is 0 Å². The number of benzene rings is 1. The van der Waals surface area contributed by atoms with Crippen LogP contribution in [0.4, 0.5) is 4.39 Å². The third kappa shape index (κ3) is 4.81. The van der Waals surface area contributed by atoms with Crippen molar-refractivity contribution in [3.05, 3.63) is 35.6 Å². The Morgan fingerprint density at radius 1 is 1.29 bits per heavy atom. The lowest BCUT2D eigenvalue weighted by Gasteiger charge is -2.32. The molecule has 1 aromatic carbocycles. The number of hydrogen-bond acceptors (Lipinski definition) is 2. The molecule has 1 atom stereocenters. The summed E-state index contributed by atoms with van der Waals surface area (Å²) < 4.78 is 12.9. The highest BCUT2D eigenvalue weighted by Gasteiger charge is 2.26. The zero-order chi connectivity index (χ0) is 15.2. The van der Waals surface area contributed by atoms with E-state index < -0.39 is 0 Å². The minimum Gasteiger partial charge on any atom is -0.349 e. The predicted molar refractivity (Wildman–Crippen MR) is 82.7 cm³/mol. The van der Waals surface area contributed by atoms with Crippen LogP contribution in [0.15, 0.2) is 24.3 Å². The molecule has 1 heterocycles. The van der Waals surface area contributed by atoms with E-state index in [2.05, 4.69) is 24.5 Å². The van der Waals surface area contributed by atoms with Crippen LogP contribution in [0.1, 0.15) is 43.5 Å². The van der Waals surface area contributed by atoms with Crippen LogP contribution >= 0.6 is 0 Å². The van der Waals surface area contributed by atoms with Crippen LogP contribution in [-0.4, -0.2) is 25.0 Å². The van der Waals surface area contributed by atoms with Gasteiger partial charge in [-0.15, -0.1) is 0 Å². The van der Waals surface area contributed by atoms with Gasteiger partial charge in [0.25, 0.3) is 5.91 Å². The zero-order valence-electron chi connectivity index (χ0n) is 12.9. The van der Waals surface area contributed by atoms with Gasteiger partial charge >= 0.3 is 0 Å². The molecule has 1 fully saturated rings. The highest BCUT2D eigenvalue weighted by atomic mass is 19.1. The van der Waals surface area contributed by atoms with Crippen molar-refractivity contribution in [3.8, 4) is 0 Å². The quantitative estimate of drug-likeness (QED) is 0.876. The first-order valence-electron chi connectivity index (χ1n) is 7.83. The van der Waals surface area contributed by atoms with Gasteiger partial charge in [-0.25, -0.2) is 4.39 Å². The van der Waals surface area contributed by atoms with E-state index in [0.29, 0.717) is 17.4 Å². The molecule has 0 aromatic heterocycles. The Kier molecular flexibility index (Phi) is 5.74. The summed E-state index contributed by atoms with van der Waals surface area (Å²) in [5, 5.41) is 6.52. The smallest absolute Gasteiger partial charge is 0.251 e. The number of carbonyl (C=O) groups excluding carboxylic acids is 1. The largest absolute Gasteiger partial charge is 0.349 e. The van der Waals surface area contributed by atoms with Crippen molar-refractivity contribution in [2.24, 2.45) is 11.8 Å². The van der Waals surface area contributed by atoms with Crippen molar-refractivity contribution in [3.63, 3.8) is 0 Å². The molecule has 0 spiro atoms. The third-order valence-corrected chi connectivity index (χ3v) is 4.10. The molecule has 1 aliphatic rings. The van der Waals surface area contributed by atoms with E-state index in [4.69, 9.17) is 0 Å². The number of rotatable bonds is 5. The average Bonchev–Trinajstić information content (AvgIpc) is 2.47. The maximum absolute atomic E-state index is 12.9. The molecule has 1 unspecified atom stereocenters. The summed E-state index contributed by atoms with van der Waals surface area (Å²) in [4.78, 5) is 12.3. The molecule has 2 N–H and O–H groups in total. The Morgan fingerprint density at radius 3 is 2.48 bits per heavy atom. The Bertz CT molecular complexity index is 452. The first-order valence-corrected chi connectivity index (χ1v) is 7.83. The fourth-order valence-electron chi connectivity index (χ4n) is 2.98. The lowest BCUT2D eigenvalue weighted by Crippen LogP contribution is -2.45. The van der Waals surface area contributed by atoms with Crippen LogP contribution < -0.4 is 10.6 Å². The van der Waals surface area contributed by atoms with Gasteiger partial charge in [0.15, 0.2) is 0 Å². The summed E-state index contributed by atoms with van der Waals surface area (Å²) in [6, 6.07) is 5.94. The highest BCUT2D eigenvalue weighted by Crippen LogP contribution is 2.22. The molecule has 1 aliphatic heterocycles. The molecule has 3 nitrogen and oxygen atoms in total. The number of carbonyl (C=O) groups is 1. The minimum atomic E-state index is -0.316. The predicted octanol–water partition coefficient (Wildman–Crippen LogP) is 2.97. The molecule has 2 rings (SSSR count). The Hall–Kier alpha value is -1.42. The first-order chi connectivity index (χ1) is 10.1. The molecule has 1 aromatic rings. The third-order valence-electron chi connectivity index (χ3n) is 4.10. The molecule has 1 amide bonds. The number of hydrogen-bond donors (Lipinski definition) is 2. The zero-order valence-corrected chi connectivity index (χ0v) is 12.9. The Morgan fingerprint density at radius 2 is 1.90 bits per heavy atom. The lowest BCUT2D eigenvalue weighted by atomic mass is 9.85. The van der Waals surface area contributed by atoms with Gasteiger partial charge < -0.3 is 10.6 Å². The molecule has 116 valence electrons. The minimum absolute atomic E-state index is 0.0980. The second-order valence-electron chi connectivity index (χ2n) is 6.30. The van der Waals surface area contributed by atoms with E-state index in [0.717, 1.165) is 32.4 Å². The van der Waals surface area contributed by atoms with Crippen LogP contribution in [0.5, 0.6) is 0 Å². The molecule has 21 heavy (non-hydrogen) atoms. The lowest BCUT2D eigenvalue weighted by molar-refractivity contribution is 0.0906. The van der Waals surface area contributed by atoms with Crippen molar-refractivity contribution in [2.45, 2.75) is 39.2 Å². The van der Waals surface area contributed by atoms with Crippen LogP contribution in [0.25, 0.3) is 0 Å². The highest BCUT2D eigenvalue weighted by molar-refractivity contribution is 5.94. The number of piperidine rings is 1. The molecular formula is C17H25FN2O. The SMILES string of the molecule is CC(C)CC(NC(=O)c1ccc(F)cc1)C1CCNCC1. The van der Waals surface area contributed by atoms with Gasteiger partial charge in [-0.1, -0.05) is 13.8 Å². The molecule has 1 saturated heterocycles. The second-order valence-corrected chi connectivity index (χ2v) is 6.30. The molecule has 0 radical (unpaired) electrons. The van der Waals surface area contributed by atoms with Gasteiger partial charge in [0.2, 0.25) is 0 Å². The summed E-state index contributed by atoms with van der Waals surface area (Å²) in [6.45, 7) is 6.40. The summed E-state index contributed by atoms with van der Waals surface area (Å²) in [7, 11) is 0. The Labute approximate surface area is 126 Å². The first kappa shape index (κ1) is 16.0. The topological polar surface area (TPSA) is 41.1 Å². The van der Waals surface area contributed by atoms with Crippen LogP contribution in [0.3, 0.4) is 0 Å². The van der Waals surface area contributed by atoms with Gasteiger partial charge in [-0.2, -0.15) is 0 Å². The summed E-state index contributed by atoms with van der Waals surface area (Å²) >= 11 is 0. The summed E-state index contributed by atoms with van der Waals surface area (Å²) in [6.07, 6.45) is 3.18. The van der Waals surface area contributed by atoms with Crippen molar-refractivity contribution in [2.75, 3.05) is 13.1 Å². The average molecular weight is 292 g/mol. The Balaban J connectivity index is 2.02. The van der Waals surface area contributed by atoms with Crippen molar-refractivity contribution in [1.82, 2.24) is 10.6 Å². The van der Waals surface area contributed by atoms with E-state index in [1.54, 1.807) is 12.1 Å². The van der Waals surface area contributed by atoms with Crippen LogP contribution in [0, 0.1) is 17.7 Å². The van der Waals surface area contributed by atoms with Gasteiger partial charge in [0.1, 0.15) is 5.82 Å². The maximum atomic E-state index is 12.9. The molecule has 4 heteroatoms. The summed E-state index contributed by atoms with van der Waals surface area (Å²) in [5.41, 5.74) is 0.527. The fraction of sp³-hybridized carbons (Fsp3) is 0.588. The number of amides is 1. The van der Waals surface area contributed by atoms with E-state index in [1.807, 2.05) is 0 Å². The second kappa shape index (κ2) is 7.55. The van der Waals surface area contributed by atoms with Crippen molar-refractivity contribution >= 4 is 5.91 Å². The molecular weight excluding hydrogens is 267 g/mol. The van der Waals surface area contributed by atoms with Gasteiger partial charge in [-0.3, -0.25) is 4.79 Å². The van der Waals surface area contributed by atoms with Crippen LogP contribution in [-0.2, 0) is 0 Å². The van der Waals surface area contributed by atoms with Gasteiger partial charge in [0.05, 0.1) is 0 Å². The number of halogens is 1. The normalized spacial score (nSPS) is 17.7. The van der Waals surface area contributed by atoms with Gasteiger partial charge in [-0.05, 0) is 68.5 Å². The molecule has 0 bridgehead atoms. The maximum Gasteiger partial charge on any atom is 0.251 e. The van der Waals surface area contributed by atoms with Crippen molar-refractivity contribution < 1.29 is 9.18 Å². The number of nitrogens with one attached hydrogen (secondary N) is 2.